The van der Waals surface area contributed by atoms with Gasteiger partial charge in [0.2, 0.25) is 0 Å². The summed E-state index contributed by atoms with van der Waals surface area (Å²) in [6.07, 6.45) is 11.2. The van der Waals surface area contributed by atoms with Crippen molar-refractivity contribution in [2.24, 2.45) is 5.92 Å². The van der Waals surface area contributed by atoms with Gasteiger partial charge in [-0.3, -0.25) is 0 Å². The van der Waals surface area contributed by atoms with Gasteiger partial charge in [-0.25, -0.2) is 8.78 Å². The van der Waals surface area contributed by atoms with Crippen LogP contribution in [0, 0.1) is 17.6 Å². The number of allylic oxidation sites excluding steroid dienone is 1. The molecule has 1 aliphatic rings. The first kappa shape index (κ1) is 20.6. The molecule has 0 radical (unpaired) electrons. The predicted molar refractivity (Wildman–Crippen MR) is 112 cm³/mol. The largest absolute Gasteiger partial charge is 0.483 e. The zero-order chi connectivity index (χ0) is 19.9. The lowest BCUT2D eigenvalue weighted by atomic mass is 9.77. The molecule has 0 amide bonds. The van der Waals surface area contributed by atoms with Crippen molar-refractivity contribution in [1.29, 1.82) is 0 Å². The zero-order valence-electron chi connectivity index (χ0n) is 16.9. The van der Waals surface area contributed by atoms with E-state index in [0.717, 1.165) is 11.5 Å². The van der Waals surface area contributed by atoms with Crippen LogP contribution < -0.4 is 4.74 Å². The molecule has 0 N–H and O–H groups in total. The fraction of sp³-hybridized carbons (Fsp3) is 0.440. The quantitative estimate of drug-likeness (QED) is 0.445. The van der Waals surface area contributed by atoms with Gasteiger partial charge in [0.05, 0.1) is 0 Å². The number of hydrogen-bond acceptors (Lipinski definition) is 1. The van der Waals surface area contributed by atoms with Crippen LogP contribution in [0.1, 0.15) is 63.9 Å². The van der Waals surface area contributed by atoms with Crippen molar-refractivity contribution in [3.05, 3.63) is 65.7 Å². The second-order valence-corrected chi connectivity index (χ2v) is 7.78. The van der Waals surface area contributed by atoms with Gasteiger partial charge in [-0.15, -0.1) is 0 Å². The number of ether oxygens (including phenoxy) is 1. The molecular weight excluding hydrogens is 354 g/mol. The molecule has 1 nitrogen and oxygen atoms in total. The summed E-state index contributed by atoms with van der Waals surface area (Å²) >= 11 is 0. The number of rotatable bonds is 7. The van der Waals surface area contributed by atoms with Crippen molar-refractivity contribution in [3.8, 4) is 16.9 Å². The second kappa shape index (κ2) is 9.86. The standard InChI is InChI=1S/C25H30F2O/c1-3-5-15-28-25-23(26)16-22(17-24(25)27)21-13-11-20(12-14-21)19-9-7-18(6-4-2)8-10-19/h3,5,11-14,16-19H,4,6-10,15H2,1-2H3. The third-order valence-corrected chi connectivity index (χ3v) is 5.82. The second-order valence-electron chi connectivity index (χ2n) is 7.78. The minimum absolute atomic E-state index is 0.152. The van der Waals surface area contributed by atoms with Gasteiger partial charge in [0.25, 0.3) is 0 Å². The van der Waals surface area contributed by atoms with Gasteiger partial charge < -0.3 is 4.74 Å². The van der Waals surface area contributed by atoms with Crippen LogP contribution in [0.4, 0.5) is 8.78 Å². The van der Waals surface area contributed by atoms with E-state index in [1.165, 1.54) is 56.2 Å². The summed E-state index contributed by atoms with van der Waals surface area (Å²) in [7, 11) is 0. The van der Waals surface area contributed by atoms with E-state index in [4.69, 9.17) is 4.74 Å². The molecule has 0 saturated heterocycles. The summed E-state index contributed by atoms with van der Waals surface area (Å²) in [6.45, 7) is 4.25. The van der Waals surface area contributed by atoms with E-state index in [-0.39, 0.29) is 12.4 Å². The number of halogens is 2. The van der Waals surface area contributed by atoms with Crippen LogP contribution in [0.25, 0.3) is 11.1 Å². The molecule has 0 spiro atoms. The summed E-state index contributed by atoms with van der Waals surface area (Å²) in [5, 5.41) is 0. The van der Waals surface area contributed by atoms with Crippen LogP contribution in [0.15, 0.2) is 48.6 Å². The predicted octanol–water partition coefficient (Wildman–Crippen LogP) is 7.66. The van der Waals surface area contributed by atoms with Crippen molar-refractivity contribution in [3.63, 3.8) is 0 Å². The van der Waals surface area contributed by atoms with E-state index in [9.17, 15) is 8.78 Å². The zero-order valence-corrected chi connectivity index (χ0v) is 16.9. The Morgan fingerprint density at radius 1 is 0.964 bits per heavy atom. The highest BCUT2D eigenvalue weighted by Crippen LogP contribution is 2.38. The Hall–Kier alpha value is -2.16. The van der Waals surface area contributed by atoms with Crippen LogP contribution in [0.2, 0.25) is 0 Å². The van der Waals surface area contributed by atoms with E-state index >= 15 is 0 Å². The summed E-state index contributed by atoms with van der Waals surface area (Å²) < 4.78 is 33.8. The molecule has 0 atom stereocenters. The topological polar surface area (TPSA) is 9.23 Å². The van der Waals surface area contributed by atoms with Gasteiger partial charge in [0, 0.05) is 0 Å². The van der Waals surface area contributed by atoms with E-state index in [1.807, 2.05) is 19.1 Å². The van der Waals surface area contributed by atoms with Gasteiger partial charge in [-0.05, 0) is 73.3 Å². The average molecular weight is 385 g/mol. The molecule has 0 unspecified atom stereocenters. The Labute approximate surface area is 167 Å². The van der Waals surface area contributed by atoms with Gasteiger partial charge in [-0.2, -0.15) is 0 Å². The van der Waals surface area contributed by atoms with Crippen LogP contribution in [0.5, 0.6) is 5.75 Å². The minimum atomic E-state index is -0.669. The summed E-state index contributed by atoms with van der Waals surface area (Å²) in [5.41, 5.74) is 2.69. The van der Waals surface area contributed by atoms with Crippen LogP contribution in [-0.2, 0) is 0 Å². The monoisotopic (exact) mass is 384 g/mol. The van der Waals surface area contributed by atoms with Crippen molar-refractivity contribution >= 4 is 0 Å². The maximum absolute atomic E-state index is 14.3. The summed E-state index contributed by atoms with van der Waals surface area (Å²) in [5.74, 6) is -0.156. The van der Waals surface area contributed by atoms with Crippen LogP contribution in [-0.4, -0.2) is 6.61 Å². The molecule has 1 fully saturated rings. The van der Waals surface area contributed by atoms with Crippen molar-refractivity contribution in [2.75, 3.05) is 6.61 Å². The summed E-state index contributed by atoms with van der Waals surface area (Å²) in [4.78, 5) is 0. The van der Waals surface area contributed by atoms with E-state index < -0.39 is 11.6 Å². The molecule has 28 heavy (non-hydrogen) atoms. The SMILES string of the molecule is CC=CCOc1c(F)cc(-c2ccc(C3CCC(CCC)CC3)cc2)cc1F. The first-order chi connectivity index (χ1) is 13.6. The third-order valence-electron chi connectivity index (χ3n) is 5.82. The highest BCUT2D eigenvalue weighted by atomic mass is 19.1. The van der Waals surface area contributed by atoms with Crippen LogP contribution in [0.3, 0.4) is 0 Å². The molecule has 0 aromatic heterocycles. The van der Waals surface area contributed by atoms with Crippen LogP contribution >= 0.6 is 0 Å². The fourth-order valence-electron chi connectivity index (χ4n) is 4.23. The maximum atomic E-state index is 14.3. The van der Waals surface area contributed by atoms with Crippen molar-refractivity contribution < 1.29 is 13.5 Å². The molecule has 3 heteroatoms. The van der Waals surface area contributed by atoms with E-state index in [2.05, 4.69) is 19.1 Å². The summed E-state index contributed by atoms with van der Waals surface area (Å²) in [6, 6.07) is 10.9. The molecule has 3 rings (SSSR count). The molecule has 0 bridgehead atoms. The van der Waals surface area contributed by atoms with Gasteiger partial charge >= 0.3 is 0 Å². The maximum Gasteiger partial charge on any atom is 0.191 e. The lowest BCUT2D eigenvalue weighted by molar-refractivity contribution is 0.308. The molecule has 2 aromatic carbocycles. The van der Waals surface area contributed by atoms with Gasteiger partial charge in [0.1, 0.15) is 6.61 Å². The molecule has 0 aliphatic heterocycles. The van der Waals surface area contributed by atoms with Crippen molar-refractivity contribution in [1.82, 2.24) is 0 Å². The smallest absolute Gasteiger partial charge is 0.191 e. The normalized spacial score (nSPS) is 19.9. The third kappa shape index (κ3) is 5.01. The lowest BCUT2D eigenvalue weighted by Crippen LogP contribution is -2.13. The molecule has 2 aromatic rings. The first-order valence-corrected chi connectivity index (χ1v) is 10.5. The fourth-order valence-corrected chi connectivity index (χ4v) is 4.23. The highest BCUT2D eigenvalue weighted by Gasteiger charge is 2.22. The number of benzene rings is 2. The minimum Gasteiger partial charge on any atom is -0.483 e. The Morgan fingerprint density at radius 2 is 1.61 bits per heavy atom. The Morgan fingerprint density at radius 3 is 2.18 bits per heavy atom. The molecule has 0 heterocycles. The average Bonchev–Trinajstić information content (AvgIpc) is 2.71. The van der Waals surface area contributed by atoms with E-state index in [0.29, 0.717) is 11.5 Å². The Kier molecular flexibility index (Phi) is 7.24. The Bertz CT molecular complexity index is 764. The van der Waals surface area contributed by atoms with Crippen molar-refractivity contribution in [2.45, 2.75) is 58.3 Å². The van der Waals surface area contributed by atoms with Gasteiger partial charge in [0.15, 0.2) is 17.4 Å². The molecule has 1 saturated carbocycles. The highest BCUT2D eigenvalue weighted by molar-refractivity contribution is 5.65. The molecule has 150 valence electrons. The Balaban J connectivity index is 1.70. The molecular formula is C25H30F2O. The molecule has 1 aliphatic carbocycles. The first-order valence-electron chi connectivity index (χ1n) is 10.5. The van der Waals surface area contributed by atoms with Gasteiger partial charge in [-0.1, -0.05) is 56.2 Å². The van der Waals surface area contributed by atoms with E-state index in [1.54, 1.807) is 12.2 Å². The lowest BCUT2D eigenvalue weighted by Gasteiger charge is -2.28. The number of hydrogen-bond donors (Lipinski definition) is 0.